The van der Waals surface area contributed by atoms with E-state index in [1.807, 2.05) is 13.0 Å². The lowest BCUT2D eigenvalue weighted by molar-refractivity contribution is -0.117. The Morgan fingerprint density at radius 3 is 2.65 bits per heavy atom. The molecule has 0 bridgehead atoms. The summed E-state index contributed by atoms with van der Waals surface area (Å²) in [4.78, 5) is 11.9. The molecular weight excluding hydrogens is 280 g/mol. The second kappa shape index (κ2) is 5.23. The minimum absolute atomic E-state index is 0.312. The molecule has 23 heavy (non-hydrogen) atoms. The fraction of sp³-hybridized carbons (Fsp3) is 0.773. The molecule has 0 aromatic carbocycles. The lowest BCUT2D eigenvalue weighted by atomic mass is 9.47. The molecule has 4 aliphatic rings. The maximum Gasteiger partial charge on any atom is 0.155 e. The third kappa shape index (κ3) is 2.10. The average Bonchev–Trinajstić information content (AvgIpc) is 2.85. The number of carbonyl (C=O) groups is 1. The number of fused-ring (bicyclic) bond motifs is 5. The minimum Gasteiger partial charge on any atom is -0.295 e. The van der Waals surface area contributed by atoms with E-state index in [0.29, 0.717) is 22.5 Å². The SMILES string of the molecule is CC#CC1CC[C@H]2[C@@H]3CCC4=CC(=O)CC[C@]4(C)[C@@H]3CC[C@]12C. The van der Waals surface area contributed by atoms with Crippen molar-refractivity contribution in [3.8, 4) is 11.8 Å². The lowest BCUT2D eigenvalue weighted by Gasteiger charge is -2.57. The number of carbonyl (C=O) groups excluding carboxylic acids is 1. The molecule has 0 spiro atoms. The molecule has 1 heteroatoms. The van der Waals surface area contributed by atoms with E-state index in [9.17, 15) is 4.79 Å². The van der Waals surface area contributed by atoms with Crippen molar-refractivity contribution in [2.75, 3.05) is 0 Å². The number of ketones is 1. The fourth-order valence-electron chi connectivity index (χ4n) is 6.97. The van der Waals surface area contributed by atoms with Gasteiger partial charge in [0.25, 0.3) is 0 Å². The van der Waals surface area contributed by atoms with Gasteiger partial charge in [0.15, 0.2) is 5.78 Å². The normalized spacial score (nSPS) is 48.5. The quantitative estimate of drug-likeness (QED) is 0.565. The van der Waals surface area contributed by atoms with Crippen molar-refractivity contribution in [2.24, 2.45) is 34.5 Å². The minimum atomic E-state index is 0.312. The number of hydrogen-bond donors (Lipinski definition) is 0. The molecule has 1 unspecified atom stereocenters. The van der Waals surface area contributed by atoms with Gasteiger partial charge in [-0.1, -0.05) is 25.3 Å². The van der Waals surface area contributed by atoms with Gasteiger partial charge in [-0.25, -0.2) is 0 Å². The predicted molar refractivity (Wildman–Crippen MR) is 93.7 cm³/mol. The summed E-state index contributed by atoms with van der Waals surface area (Å²) in [5.41, 5.74) is 2.25. The summed E-state index contributed by atoms with van der Waals surface area (Å²) >= 11 is 0. The predicted octanol–water partition coefficient (Wildman–Crippen LogP) is 5.16. The van der Waals surface area contributed by atoms with Gasteiger partial charge >= 0.3 is 0 Å². The highest BCUT2D eigenvalue weighted by Crippen LogP contribution is 2.66. The fourth-order valence-corrected chi connectivity index (χ4v) is 6.97. The first-order chi connectivity index (χ1) is 11.0. The van der Waals surface area contributed by atoms with Gasteiger partial charge in [0.05, 0.1) is 0 Å². The molecule has 0 aliphatic heterocycles. The lowest BCUT2D eigenvalue weighted by Crippen LogP contribution is -2.50. The van der Waals surface area contributed by atoms with Crippen LogP contribution in [0.1, 0.15) is 72.1 Å². The van der Waals surface area contributed by atoms with Crippen LogP contribution in [0.3, 0.4) is 0 Å². The maximum atomic E-state index is 11.9. The van der Waals surface area contributed by atoms with E-state index in [1.54, 1.807) is 0 Å². The first kappa shape index (κ1) is 15.5. The van der Waals surface area contributed by atoms with Crippen molar-refractivity contribution < 1.29 is 4.79 Å². The smallest absolute Gasteiger partial charge is 0.155 e. The standard InChI is InChI=1S/C22H30O/c1-4-5-15-7-9-19-18-8-6-16-14-17(23)10-12-22(16,3)20(18)11-13-21(15,19)2/h14-15,18-20H,6-13H2,1-3H3/t15?,18-,19-,20+,21+,22-/m0/s1. The molecule has 6 atom stereocenters. The van der Waals surface area contributed by atoms with Crippen molar-refractivity contribution in [1.29, 1.82) is 0 Å². The third-order valence-corrected chi connectivity index (χ3v) is 8.28. The monoisotopic (exact) mass is 310 g/mol. The van der Waals surface area contributed by atoms with Gasteiger partial charge in [0.1, 0.15) is 0 Å². The van der Waals surface area contributed by atoms with Crippen molar-refractivity contribution in [1.82, 2.24) is 0 Å². The Bertz CT molecular complexity index is 618. The molecule has 0 saturated heterocycles. The van der Waals surface area contributed by atoms with Gasteiger partial charge < -0.3 is 0 Å². The summed E-state index contributed by atoms with van der Waals surface area (Å²) in [6.45, 7) is 7.01. The Labute approximate surface area is 141 Å². The highest BCUT2D eigenvalue weighted by Gasteiger charge is 2.58. The molecule has 4 aliphatic carbocycles. The summed E-state index contributed by atoms with van der Waals surface area (Å²) in [7, 11) is 0. The first-order valence-corrected chi connectivity index (χ1v) is 9.65. The van der Waals surface area contributed by atoms with Crippen LogP contribution < -0.4 is 0 Å². The Balaban J connectivity index is 1.66. The van der Waals surface area contributed by atoms with Crippen molar-refractivity contribution in [3.63, 3.8) is 0 Å². The van der Waals surface area contributed by atoms with Crippen LogP contribution in [0.15, 0.2) is 11.6 Å². The molecule has 0 radical (unpaired) electrons. The molecule has 3 saturated carbocycles. The van der Waals surface area contributed by atoms with Crippen molar-refractivity contribution >= 4 is 5.78 Å². The first-order valence-electron chi connectivity index (χ1n) is 9.65. The van der Waals surface area contributed by atoms with Gasteiger partial charge in [-0.2, -0.15) is 0 Å². The van der Waals surface area contributed by atoms with Gasteiger partial charge in [-0.05, 0) is 86.5 Å². The van der Waals surface area contributed by atoms with E-state index in [4.69, 9.17) is 0 Å². The van der Waals surface area contributed by atoms with Gasteiger partial charge in [0.2, 0.25) is 0 Å². The van der Waals surface area contributed by atoms with Gasteiger partial charge in [-0.3, -0.25) is 4.79 Å². The molecular formula is C22H30O. The zero-order valence-electron chi connectivity index (χ0n) is 15.0. The Kier molecular flexibility index (Phi) is 3.53. The molecule has 1 nitrogen and oxygen atoms in total. The molecule has 4 rings (SSSR count). The van der Waals surface area contributed by atoms with Crippen LogP contribution in [0.4, 0.5) is 0 Å². The van der Waals surface area contributed by atoms with Crippen molar-refractivity contribution in [3.05, 3.63) is 11.6 Å². The molecule has 3 fully saturated rings. The van der Waals surface area contributed by atoms with Crippen molar-refractivity contribution in [2.45, 2.75) is 72.1 Å². The Morgan fingerprint density at radius 1 is 1.04 bits per heavy atom. The van der Waals surface area contributed by atoms with Crippen LogP contribution in [0.5, 0.6) is 0 Å². The van der Waals surface area contributed by atoms with Gasteiger partial charge in [0, 0.05) is 12.3 Å². The second-order valence-corrected chi connectivity index (χ2v) is 9.04. The summed E-state index contributed by atoms with van der Waals surface area (Å²) in [5.74, 6) is 10.3. The highest BCUT2D eigenvalue weighted by atomic mass is 16.1. The summed E-state index contributed by atoms with van der Waals surface area (Å²) in [6, 6.07) is 0. The second-order valence-electron chi connectivity index (χ2n) is 9.04. The molecule has 0 amide bonds. The Morgan fingerprint density at radius 2 is 1.87 bits per heavy atom. The van der Waals surface area contributed by atoms with Crippen LogP contribution in [0, 0.1) is 46.3 Å². The van der Waals surface area contributed by atoms with Gasteiger partial charge in [-0.15, -0.1) is 5.92 Å². The van der Waals surface area contributed by atoms with Crippen LogP contribution >= 0.6 is 0 Å². The molecule has 0 N–H and O–H groups in total. The van der Waals surface area contributed by atoms with Crippen LogP contribution in [0.25, 0.3) is 0 Å². The van der Waals surface area contributed by atoms with E-state index >= 15 is 0 Å². The molecule has 0 aromatic heterocycles. The largest absolute Gasteiger partial charge is 0.295 e. The zero-order valence-corrected chi connectivity index (χ0v) is 15.0. The summed E-state index contributed by atoms with van der Waals surface area (Å²) < 4.78 is 0. The van der Waals surface area contributed by atoms with E-state index in [-0.39, 0.29) is 0 Å². The molecule has 0 aromatic rings. The van der Waals surface area contributed by atoms with Crippen LogP contribution in [-0.2, 0) is 4.79 Å². The topological polar surface area (TPSA) is 17.1 Å². The molecule has 0 heterocycles. The van der Waals surface area contributed by atoms with Crippen LogP contribution in [-0.4, -0.2) is 5.78 Å². The average molecular weight is 310 g/mol. The number of rotatable bonds is 0. The van der Waals surface area contributed by atoms with Crippen LogP contribution in [0.2, 0.25) is 0 Å². The van der Waals surface area contributed by atoms with E-state index in [2.05, 4.69) is 25.7 Å². The summed E-state index contributed by atoms with van der Waals surface area (Å²) in [6.07, 6.45) is 11.7. The van der Waals surface area contributed by atoms with E-state index in [0.717, 1.165) is 30.6 Å². The maximum absolute atomic E-state index is 11.9. The number of allylic oxidation sites excluding steroid dienone is 1. The Hall–Kier alpha value is -1.03. The summed E-state index contributed by atoms with van der Waals surface area (Å²) in [5, 5.41) is 0. The highest BCUT2D eigenvalue weighted by molar-refractivity contribution is 5.91. The number of hydrogen-bond acceptors (Lipinski definition) is 1. The van der Waals surface area contributed by atoms with E-state index < -0.39 is 0 Å². The third-order valence-electron chi connectivity index (χ3n) is 8.28. The molecule has 124 valence electrons. The van der Waals surface area contributed by atoms with E-state index in [1.165, 1.54) is 44.1 Å². The zero-order chi connectivity index (χ0) is 16.2.